The lowest BCUT2D eigenvalue weighted by Gasteiger charge is -2.25. The lowest BCUT2D eigenvalue weighted by atomic mass is 10.0. The summed E-state index contributed by atoms with van der Waals surface area (Å²) in [5, 5.41) is 0. The van der Waals surface area contributed by atoms with Crippen LogP contribution in [0.1, 0.15) is 47.4 Å². The van der Waals surface area contributed by atoms with E-state index in [0.29, 0.717) is 24.8 Å². The molecule has 1 aromatic heterocycles. The first-order valence-corrected chi connectivity index (χ1v) is 10.6. The molecule has 3 rings (SSSR count). The summed E-state index contributed by atoms with van der Waals surface area (Å²) < 4.78 is 6.25. The molecule has 2 aromatic rings. The fourth-order valence-corrected chi connectivity index (χ4v) is 3.70. The third-order valence-electron chi connectivity index (χ3n) is 4.79. The van der Waals surface area contributed by atoms with Gasteiger partial charge in [0.05, 0.1) is 12.3 Å². The Labute approximate surface area is 180 Å². The van der Waals surface area contributed by atoms with E-state index < -0.39 is 0 Å². The Morgan fingerprint density at radius 2 is 2.00 bits per heavy atom. The van der Waals surface area contributed by atoms with Gasteiger partial charge in [-0.2, -0.15) is 0 Å². The third kappa shape index (κ3) is 4.73. The highest BCUT2D eigenvalue weighted by atomic mass is 127. The molecule has 0 bridgehead atoms. The van der Waals surface area contributed by atoms with Crippen molar-refractivity contribution in [2.75, 3.05) is 18.6 Å². The number of hydrogen-bond acceptors (Lipinski definition) is 3. The van der Waals surface area contributed by atoms with Gasteiger partial charge in [0.1, 0.15) is 5.82 Å². The minimum Gasteiger partial charge on any atom is -0.384 e. The number of carbonyl (C=O) groups is 1. The van der Waals surface area contributed by atoms with Crippen molar-refractivity contribution in [3.63, 3.8) is 0 Å². The minimum atomic E-state index is -0.252. The number of benzene rings is 1. The van der Waals surface area contributed by atoms with Crippen molar-refractivity contribution in [3.8, 4) is 11.8 Å². The smallest absolute Gasteiger partial charge is 0.308 e. The molecular weight excluding hydrogens is 463 g/mol. The molecule has 5 heteroatoms. The summed E-state index contributed by atoms with van der Waals surface area (Å²) in [5.74, 6) is 6.63. The molecule has 0 N–H and O–H groups in total. The van der Waals surface area contributed by atoms with E-state index in [0.717, 1.165) is 35.2 Å². The molecular formula is C23H25IN2O2. The molecule has 1 aliphatic rings. The highest BCUT2D eigenvalue weighted by Gasteiger charge is 2.31. The molecule has 1 amide bonds. The lowest BCUT2D eigenvalue weighted by molar-refractivity contribution is -0.112. The summed E-state index contributed by atoms with van der Waals surface area (Å²) in [6.45, 7) is 6.58. The molecule has 1 saturated carbocycles. The van der Waals surface area contributed by atoms with Crippen LogP contribution in [-0.4, -0.2) is 24.6 Å². The van der Waals surface area contributed by atoms with Crippen LogP contribution in [0.5, 0.6) is 0 Å². The van der Waals surface area contributed by atoms with Crippen molar-refractivity contribution >= 4 is 40.0 Å². The number of anilines is 2. The summed E-state index contributed by atoms with van der Waals surface area (Å²) in [4.78, 5) is 19.5. The van der Waals surface area contributed by atoms with E-state index in [1.54, 1.807) is 18.2 Å². The minimum absolute atomic E-state index is 0.252. The predicted octanol–water partition coefficient (Wildman–Crippen LogP) is 5.19. The van der Waals surface area contributed by atoms with Crippen LogP contribution in [0.25, 0.3) is 0 Å². The van der Waals surface area contributed by atoms with E-state index >= 15 is 0 Å². The summed E-state index contributed by atoms with van der Waals surface area (Å²) in [7, 11) is 1.63. The first-order chi connectivity index (χ1) is 13.4. The van der Waals surface area contributed by atoms with E-state index in [9.17, 15) is 4.79 Å². The Kier molecular flexibility index (Phi) is 6.73. The number of aromatic nitrogens is 1. The zero-order valence-electron chi connectivity index (χ0n) is 16.8. The summed E-state index contributed by atoms with van der Waals surface area (Å²) in [6.07, 6.45) is 4.65. The zero-order valence-corrected chi connectivity index (χ0v) is 19.0. The highest BCUT2D eigenvalue weighted by Crippen LogP contribution is 2.46. The van der Waals surface area contributed by atoms with Gasteiger partial charge >= 0.3 is 5.91 Å². The van der Waals surface area contributed by atoms with Gasteiger partial charge in [0.15, 0.2) is 0 Å². The van der Waals surface area contributed by atoms with Crippen molar-refractivity contribution in [1.82, 2.24) is 4.98 Å². The average Bonchev–Trinajstić information content (AvgIpc) is 3.48. The van der Waals surface area contributed by atoms with Crippen molar-refractivity contribution in [2.24, 2.45) is 0 Å². The molecule has 0 spiro atoms. The number of pyridine rings is 1. The van der Waals surface area contributed by atoms with Gasteiger partial charge in [-0.25, -0.2) is 4.98 Å². The van der Waals surface area contributed by atoms with E-state index in [1.165, 1.54) is 9.13 Å². The normalized spacial score (nSPS) is 13.0. The fourth-order valence-electron chi connectivity index (χ4n) is 3.21. The van der Waals surface area contributed by atoms with Crippen LogP contribution in [0.15, 0.2) is 24.4 Å². The predicted molar refractivity (Wildman–Crippen MR) is 121 cm³/mol. The standard InChI is InChI=1S/C23H25IN2O2/c1-15-11-17(3)23(25-14-15)26(22(27)7-5-6-10-28-4)21-12-16(2)20(24)13-19(21)18-8-9-18/h11-14,18H,6,8-10H2,1-4H3. The number of rotatable bonds is 5. The van der Waals surface area contributed by atoms with Gasteiger partial charge in [0.2, 0.25) is 0 Å². The van der Waals surface area contributed by atoms with Gasteiger partial charge in [0, 0.05) is 23.3 Å². The number of methoxy groups -OCH3 is 1. The van der Waals surface area contributed by atoms with Gasteiger partial charge in [-0.05, 0) is 102 Å². The van der Waals surface area contributed by atoms with Crippen molar-refractivity contribution in [1.29, 1.82) is 0 Å². The van der Waals surface area contributed by atoms with Crippen molar-refractivity contribution in [2.45, 2.75) is 46.0 Å². The topological polar surface area (TPSA) is 42.4 Å². The Morgan fingerprint density at radius 3 is 2.64 bits per heavy atom. The SMILES string of the molecule is COCCC#CC(=O)N(c1cc(C)c(I)cc1C1CC1)c1ncc(C)cc1C. The van der Waals surface area contributed by atoms with Crippen LogP contribution in [0.3, 0.4) is 0 Å². The maximum Gasteiger partial charge on any atom is 0.308 e. The Bertz CT molecular complexity index is 955. The molecule has 28 heavy (non-hydrogen) atoms. The molecule has 0 saturated heterocycles. The lowest BCUT2D eigenvalue weighted by Crippen LogP contribution is -2.27. The van der Waals surface area contributed by atoms with Gasteiger partial charge < -0.3 is 4.74 Å². The van der Waals surface area contributed by atoms with Gasteiger partial charge in [-0.3, -0.25) is 9.69 Å². The summed E-state index contributed by atoms with van der Waals surface area (Å²) in [5.41, 5.74) is 5.30. The fraction of sp³-hybridized carbons (Fsp3) is 0.391. The number of hydrogen-bond donors (Lipinski definition) is 0. The van der Waals surface area contributed by atoms with E-state index in [1.807, 2.05) is 13.8 Å². The maximum absolute atomic E-state index is 13.2. The van der Waals surface area contributed by atoms with Crippen LogP contribution in [0.2, 0.25) is 0 Å². The first kappa shape index (κ1) is 20.8. The molecule has 0 radical (unpaired) electrons. The molecule has 0 atom stereocenters. The summed E-state index contributed by atoms with van der Waals surface area (Å²) in [6, 6.07) is 6.37. The molecule has 1 fully saturated rings. The zero-order chi connectivity index (χ0) is 20.3. The molecule has 0 unspecified atom stereocenters. The molecule has 0 aliphatic heterocycles. The molecule has 146 valence electrons. The second-order valence-corrected chi connectivity index (χ2v) is 8.43. The number of halogens is 1. The van der Waals surface area contributed by atoms with Crippen LogP contribution >= 0.6 is 22.6 Å². The van der Waals surface area contributed by atoms with Crippen molar-refractivity contribution in [3.05, 3.63) is 50.2 Å². The maximum atomic E-state index is 13.2. The van der Waals surface area contributed by atoms with Gasteiger partial charge in [0.25, 0.3) is 0 Å². The van der Waals surface area contributed by atoms with E-state index in [-0.39, 0.29) is 5.91 Å². The second kappa shape index (κ2) is 9.06. The van der Waals surface area contributed by atoms with E-state index in [2.05, 4.69) is 64.5 Å². The third-order valence-corrected chi connectivity index (χ3v) is 5.96. The Morgan fingerprint density at radius 1 is 1.25 bits per heavy atom. The number of carbonyl (C=O) groups excluding carboxylic acids is 1. The largest absolute Gasteiger partial charge is 0.384 e. The van der Waals surface area contributed by atoms with Gasteiger partial charge in [-0.15, -0.1) is 0 Å². The molecule has 1 aliphatic carbocycles. The number of ether oxygens (including phenoxy) is 1. The second-order valence-electron chi connectivity index (χ2n) is 7.27. The monoisotopic (exact) mass is 488 g/mol. The Balaban J connectivity index is 2.12. The van der Waals surface area contributed by atoms with Crippen LogP contribution < -0.4 is 4.90 Å². The van der Waals surface area contributed by atoms with Crippen LogP contribution in [0, 0.1) is 36.2 Å². The number of amides is 1. The average molecular weight is 488 g/mol. The highest BCUT2D eigenvalue weighted by molar-refractivity contribution is 14.1. The number of aryl methyl sites for hydroxylation is 3. The van der Waals surface area contributed by atoms with Crippen molar-refractivity contribution < 1.29 is 9.53 Å². The summed E-state index contributed by atoms with van der Waals surface area (Å²) >= 11 is 2.37. The molecule has 1 heterocycles. The molecule has 4 nitrogen and oxygen atoms in total. The van der Waals surface area contributed by atoms with Gasteiger partial charge in [-0.1, -0.05) is 12.0 Å². The van der Waals surface area contributed by atoms with Crippen LogP contribution in [-0.2, 0) is 9.53 Å². The molecule has 1 aromatic carbocycles. The Hall–Kier alpha value is -1.91. The van der Waals surface area contributed by atoms with Crippen LogP contribution in [0.4, 0.5) is 11.5 Å². The number of nitrogens with zero attached hydrogens (tertiary/aromatic N) is 2. The quantitative estimate of drug-likeness (QED) is 0.331. The first-order valence-electron chi connectivity index (χ1n) is 9.47. The van der Waals surface area contributed by atoms with E-state index in [4.69, 9.17) is 4.74 Å².